The number of nitrogens with one attached hydrogen (secondary N) is 4. The number of rotatable bonds is 14. The Morgan fingerprint density at radius 3 is 2.14 bits per heavy atom. The van der Waals surface area contributed by atoms with Gasteiger partial charge in [0.05, 0.1) is 19.1 Å². The Morgan fingerprint density at radius 2 is 1.54 bits per heavy atom. The van der Waals surface area contributed by atoms with Gasteiger partial charge in [-0.2, -0.15) is 0 Å². The molecule has 0 aliphatic heterocycles. The number of aliphatic hydroxyl groups excluding tert-OH is 1. The first-order valence-electron chi connectivity index (χ1n) is 11.8. The molecule has 4 unspecified atom stereocenters. The summed E-state index contributed by atoms with van der Waals surface area (Å²) < 4.78 is 0. The number of fused-ring (bicyclic) bond motifs is 1. The topological polar surface area (TPSA) is 230 Å². The summed E-state index contributed by atoms with van der Waals surface area (Å²) in [5, 5.41) is 26.1. The lowest BCUT2D eigenvalue weighted by Crippen LogP contribution is -2.58. The second-order valence-electron chi connectivity index (χ2n) is 9.17. The Labute approximate surface area is 213 Å². The molecule has 202 valence electrons. The quantitative estimate of drug-likeness (QED) is 0.146. The summed E-state index contributed by atoms with van der Waals surface area (Å²) >= 11 is 0. The number of hydrogen-bond acceptors (Lipinski definition) is 7. The molecule has 4 amide bonds. The van der Waals surface area contributed by atoms with Gasteiger partial charge in [-0.05, 0) is 30.4 Å². The van der Waals surface area contributed by atoms with Crippen molar-refractivity contribution in [1.29, 1.82) is 0 Å². The predicted molar refractivity (Wildman–Crippen MR) is 134 cm³/mol. The molecule has 1 aromatic carbocycles. The number of aromatic amines is 1. The van der Waals surface area contributed by atoms with Crippen LogP contribution in [0.15, 0.2) is 30.5 Å². The van der Waals surface area contributed by atoms with E-state index in [2.05, 4.69) is 15.6 Å². The maximum Gasteiger partial charge on any atom is 0.328 e. The molecule has 0 saturated carbocycles. The number of aliphatic hydroxyl groups is 1. The van der Waals surface area contributed by atoms with E-state index in [1.54, 1.807) is 6.20 Å². The molecule has 0 fully saturated rings. The van der Waals surface area contributed by atoms with Gasteiger partial charge in [-0.3, -0.25) is 19.2 Å². The van der Waals surface area contributed by atoms with Gasteiger partial charge in [-0.25, -0.2) is 4.79 Å². The normalized spacial score (nSPS) is 14.4. The number of para-hydroxylation sites is 1. The van der Waals surface area contributed by atoms with Crippen LogP contribution >= 0.6 is 0 Å². The highest BCUT2D eigenvalue weighted by molar-refractivity contribution is 5.96. The van der Waals surface area contributed by atoms with Crippen LogP contribution in [0.4, 0.5) is 0 Å². The van der Waals surface area contributed by atoms with Crippen molar-refractivity contribution in [2.24, 2.45) is 17.4 Å². The average molecular weight is 519 g/mol. The number of primary amides is 1. The van der Waals surface area contributed by atoms with Crippen molar-refractivity contribution < 1.29 is 34.2 Å². The van der Waals surface area contributed by atoms with Gasteiger partial charge >= 0.3 is 5.97 Å². The number of carboxylic acid groups (broad SMARTS) is 1. The smallest absolute Gasteiger partial charge is 0.328 e. The van der Waals surface area contributed by atoms with E-state index in [1.165, 1.54) is 0 Å². The summed E-state index contributed by atoms with van der Waals surface area (Å²) in [7, 11) is 0. The summed E-state index contributed by atoms with van der Waals surface area (Å²) in [5.74, 6) is -4.88. The fourth-order valence-electron chi connectivity index (χ4n) is 3.75. The van der Waals surface area contributed by atoms with Crippen molar-refractivity contribution in [3.8, 4) is 0 Å². The van der Waals surface area contributed by atoms with Crippen molar-refractivity contribution in [2.75, 3.05) is 6.61 Å². The zero-order chi connectivity index (χ0) is 27.7. The molecule has 37 heavy (non-hydrogen) atoms. The number of aromatic nitrogens is 1. The molecular weight excluding hydrogens is 484 g/mol. The van der Waals surface area contributed by atoms with Gasteiger partial charge in [0.15, 0.2) is 0 Å². The second-order valence-corrected chi connectivity index (χ2v) is 9.17. The monoisotopic (exact) mass is 518 g/mol. The summed E-state index contributed by atoms with van der Waals surface area (Å²) in [6.45, 7) is 2.74. The summed E-state index contributed by atoms with van der Waals surface area (Å²) in [4.78, 5) is 64.2. The van der Waals surface area contributed by atoms with Crippen LogP contribution in [0.2, 0.25) is 0 Å². The van der Waals surface area contributed by atoms with Gasteiger partial charge in [-0.1, -0.05) is 32.0 Å². The largest absolute Gasteiger partial charge is 0.480 e. The number of amides is 4. The molecule has 10 N–H and O–H groups in total. The predicted octanol–water partition coefficient (Wildman–Crippen LogP) is -1.51. The number of benzene rings is 1. The second kappa shape index (κ2) is 13.4. The van der Waals surface area contributed by atoms with Crippen molar-refractivity contribution in [2.45, 2.75) is 57.3 Å². The molecule has 13 heteroatoms. The minimum Gasteiger partial charge on any atom is -0.480 e. The number of carboxylic acids is 1. The van der Waals surface area contributed by atoms with Crippen LogP contribution in [0.5, 0.6) is 0 Å². The van der Waals surface area contributed by atoms with Gasteiger partial charge in [0.1, 0.15) is 18.1 Å². The third-order valence-electron chi connectivity index (χ3n) is 5.63. The molecule has 1 heterocycles. The Hall–Kier alpha value is -3.97. The fraction of sp³-hybridized carbons (Fsp3) is 0.458. The number of aliphatic carboxylic acids is 1. The highest BCUT2D eigenvalue weighted by atomic mass is 16.4. The highest BCUT2D eigenvalue weighted by Gasteiger charge is 2.31. The molecule has 13 nitrogen and oxygen atoms in total. The third kappa shape index (κ3) is 8.58. The van der Waals surface area contributed by atoms with Crippen LogP contribution in [0.3, 0.4) is 0 Å². The zero-order valence-corrected chi connectivity index (χ0v) is 20.7. The SMILES string of the molecule is CC(C)CC(NC(=O)C(N)Cc1c[nH]c2ccccc12)C(=O)NC(CC(N)=O)C(=O)NC(CO)C(=O)O. The number of carbonyl (C=O) groups is 5. The lowest BCUT2D eigenvalue weighted by atomic mass is 10.0. The lowest BCUT2D eigenvalue weighted by molar-refractivity contribution is -0.143. The van der Waals surface area contributed by atoms with E-state index in [4.69, 9.17) is 21.7 Å². The molecule has 0 radical (unpaired) electrons. The Bertz CT molecular complexity index is 1130. The summed E-state index contributed by atoms with van der Waals surface area (Å²) in [6.07, 6.45) is 1.53. The molecule has 0 aliphatic carbocycles. The van der Waals surface area contributed by atoms with Gasteiger partial charge in [-0.15, -0.1) is 0 Å². The summed E-state index contributed by atoms with van der Waals surface area (Å²) in [6, 6.07) is 2.29. The van der Waals surface area contributed by atoms with Crippen LogP contribution in [-0.2, 0) is 30.4 Å². The molecule has 4 atom stereocenters. The van der Waals surface area contributed by atoms with Gasteiger partial charge < -0.3 is 42.6 Å². The standard InChI is InChI=1S/C24H34N6O7/c1-12(2)7-17(22(34)29-18(9-20(26)32)23(35)30-19(11-31)24(36)37)28-21(33)15(25)8-13-10-27-16-6-4-3-5-14(13)16/h3-6,10,12,15,17-19,27,31H,7-9,11,25H2,1-2H3,(H2,26,32)(H,28,33)(H,29,34)(H,30,35)(H,36,37). The Balaban J connectivity index is 2.12. The Morgan fingerprint density at radius 1 is 0.946 bits per heavy atom. The maximum atomic E-state index is 13.0. The highest BCUT2D eigenvalue weighted by Crippen LogP contribution is 2.19. The average Bonchev–Trinajstić information content (AvgIpc) is 3.23. The van der Waals surface area contributed by atoms with Crippen LogP contribution in [0, 0.1) is 5.92 Å². The fourth-order valence-corrected chi connectivity index (χ4v) is 3.75. The van der Waals surface area contributed by atoms with Crippen molar-refractivity contribution >= 4 is 40.5 Å². The number of nitrogens with two attached hydrogens (primary N) is 2. The third-order valence-corrected chi connectivity index (χ3v) is 5.63. The molecule has 0 saturated heterocycles. The van der Waals surface area contributed by atoms with Gasteiger partial charge in [0.25, 0.3) is 0 Å². The molecular formula is C24H34N6O7. The van der Waals surface area contributed by atoms with Crippen LogP contribution in [0.1, 0.15) is 32.3 Å². The first kappa shape index (κ1) is 29.3. The first-order chi connectivity index (χ1) is 17.4. The van der Waals surface area contributed by atoms with E-state index < -0.39 is 66.8 Å². The van der Waals surface area contributed by atoms with Crippen LogP contribution in [-0.4, -0.2) is 75.6 Å². The molecule has 1 aromatic heterocycles. The minimum absolute atomic E-state index is 0.0462. The first-order valence-corrected chi connectivity index (χ1v) is 11.8. The Kier molecular flexibility index (Phi) is 10.6. The van der Waals surface area contributed by atoms with E-state index >= 15 is 0 Å². The van der Waals surface area contributed by atoms with E-state index in [1.807, 2.05) is 43.4 Å². The molecule has 2 rings (SSSR count). The van der Waals surface area contributed by atoms with E-state index in [0.29, 0.717) is 0 Å². The van der Waals surface area contributed by atoms with Crippen LogP contribution in [0.25, 0.3) is 10.9 Å². The molecule has 2 aromatic rings. The summed E-state index contributed by atoms with van der Waals surface area (Å²) in [5.41, 5.74) is 13.0. The van der Waals surface area contributed by atoms with Gasteiger partial charge in [0.2, 0.25) is 23.6 Å². The van der Waals surface area contributed by atoms with Crippen molar-refractivity contribution in [3.63, 3.8) is 0 Å². The zero-order valence-electron chi connectivity index (χ0n) is 20.7. The number of carbonyl (C=O) groups excluding carboxylic acids is 4. The van der Waals surface area contributed by atoms with E-state index in [0.717, 1.165) is 16.5 Å². The van der Waals surface area contributed by atoms with Crippen LogP contribution < -0.4 is 27.4 Å². The van der Waals surface area contributed by atoms with E-state index in [9.17, 15) is 24.0 Å². The number of H-pyrrole nitrogens is 1. The van der Waals surface area contributed by atoms with E-state index in [-0.39, 0.29) is 18.8 Å². The van der Waals surface area contributed by atoms with Gasteiger partial charge in [0, 0.05) is 17.1 Å². The van der Waals surface area contributed by atoms with Crippen molar-refractivity contribution in [3.05, 3.63) is 36.0 Å². The minimum atomic E-state index is -1.64. The molecule has 0 spiro atoms. The number of hydrogen-bond donors (Lipinski definition) is 8. The maximum absolute atomic E-state index is 13.0. The lowest BCUT2D eigenvalue weighted by Gasteiger charge is -2.25. The molecule has 0 aliphatic rings. The van der Waals surface area contributed by atoms with Crippen molar-refractivity contribution in [1.82, 2.24) is 20.9 Å². The molecule has 0 bridgehead atoms.